The number of H-pyrrole nitrogens is 1. The summed E-state index contributed by atoms with van der Waals surface area (Å²) in [5, 5.41) is 1.12. The van der Waals surface area contributed by atoms with Crippen LogP contribution in [-0.2, 0) is 9.47 Å². The van der Waals surface area contributed by atoms with Gasteiger partial charge in [0.05, 0.1) is 17.8 Å². The Morgan fingerprint density at radius 2 is 2.25 bits per heavy atom. The third-order valence-electron chi connectivity index (χ3n) is 4.38. The Morgan fingerprint density at radius 3 is 2.96 bits per heavy atom. The summed E-state index contributed by atoms with van der Waals surface area (Å²) in [6, 6.07) is 1.99. The van der Waals surface area contributed by atoms with E-state index in [4.69, 9.17) is 9.47 Å². The van der Waals surface area contributed by atoms with Crippen molar-refractivity contribution in [3.8, 4) is 0 Å². The predicted molar refractivity (Wildman–Crippen MR) is 91.8 cm³/mol. The van der Waals surface area contributed by atoms with Gasteiger partial charge in [-0.3, -0.25) is 4.98 Å². The number of fused-ring (bicyclic) bond motifs is 1. The number of rotatable bonds is 3. The molecule has 1 aliphatic heterocycles. The van der Waals surface area contributed by atoms with Crippen LogP contribution in [0.3, 0.4) is 0 Å². The van der Waals surface area contributed by atoms with Crippen LogP contribution in [-0.4, -0.2) is 46.8 Å². The molecule has 1 amide bonds. The van der Waals surface area contributed by atoms with Gasteiger partial charge >= 0.3 is 6.09 Å². The molecule has 3 heterocycles. The molecule has 0 saturated carbocycles. The molecule has 6 nitrogen and oxygen atoms in total. The number of carbonyl (C=O) groups is 1. The zero-order valence-corrected chi connectivity index (χ0v) is 14.7. The highest BCUT2D eigenvalue weighted by Crippen LogP contribution is 2.36. The molecule has 0 spiro atoms. The standard InChI is InChI=1S/C18H25N3O3/c1-18(2,3)24-17(22)21-8-6-12(11-21)16(23-4)14-9-20-15-10-19-7-5-13(14)15/h5,7,9-10,12,16,20H,6,8,11H2,1-4H3. The number of nitrogens with one attached hydrogen (secondary N) is 1. The smallest absolute Gasteiger partial charge is 0.410 e. The monoisotopic (exact) mass is 331 g/mol. The highest BCUT2D eigenvalue weighted by molar-refractivity contribution is 5.82. The van der Waals surface area contributed by atoms with Gasteiger partial charge in [0, 0.05) is 49.5 Å². The molecule has 2 aromatic rings. The number of aromatic nitrogens is 2. The lowest BCUT2D eigenvalue weighted by molar-refractivity contribution is 0.0236. The van der Waals surface area contributed by atoms with E-state index in [9.17, 15) is 4.79 Å². The van der Waals surface area contributed by atoms with E-state index >= 15 is 0 Å². The topological polar surface area (TPSA) is 67.5 Å². The molecule has 3 rings (SSSR count). The summed E-state index contributed by atoms with van der Waals surface area (Å²) in [5.74, 6) is 0.245. The first-order chi connectivity index (χ1) is 11.4. The van der Waals surface area contributed by atoms with Crippen molar-refractivity contribution in [1.82, 2.24) is 14.9 Å². The number of aromatic amines is 1. The Hall–Kier alpha value is -2.08. The first kappa shape index (κ1) is 16.8. The number of carbonyl (C=O) groups excluding carboxylic acids is 1. The van der Waals surface area contributed by atoms with Crippen LogP contribution in [0.15, 0.2) is 24.7 Å². The summed E-state index contributed by atoms with van der Waals surface area (Å²) >= 11 is 0. The van der Waals surface area contributed by atoms with Gasteiger partial charge in [0.1, 0.15) is 5.60 Å². The average molecular weight is 331 g/mol. The van der Waals surface area contributed by atoms with Crippen LogP contribution >= 0.6 is 0 Å². The summed E-state index contributed by atoms with van der Waals surface area (Å²) < 4.78 is 11.3. The van der Waals surface area contributed by atoms with Crippen LogP contribution in [0, 0.1) is 5.92 Å². The SMILES string of the molecule is COC(c1c[nH]c2cnccc12)C1CCN(C(=O)OC(C)(C)C)C1. The minimum atomic E-state index is -0.473. The van der Waals surface area contributed by atoms with E-state index < -0.39 is 5.60 Å². The highest BCUT2D eigenvalue weighted by atomic mass is 16.6. The molecular weight excluding hydrogens is 306 g/mol. The largest absolute Gasteiger partial charge is 0.444 e. The molecule has 130 valence electrons. The second kappa shape index (κ2) is 6.43. The second-order valence-corrected chi connectivity index (χ2v) is 7.30. The number of amides is 1. The lowest BCUT2D eigenvalue weighted by Gasteiger charge is -2.25. The maximum atomic E-state index is 12.3. The fourth-order valence-corrected chi connectivity index (χ4v) is 3.33. The molecule has 2 atom stereocenters. The van der Waals surface area contributed by atoms with Crippen molar-refractivity contribution in [3.05, 3.63) is 30.2 Å². The molecule has 24 heavy (non-hydrogen) atoms. The molecule has 6 heteroatoms. The molecule has 0 aromatic carbocycles. The van der Waals surface area contributed by atoms with E-state index in [-0.39, 0.29) is 18.1 Å². The summed E-state index contributed by atoms with van der Waals surface area (Å²) in [7, 11) is 1.72. The van der Waals surface area contributed by atoms with Gasteiger partial charge in [-0.2, -0.15) is 0 Å². The van der Waals surface area contributed by atoms with Crippen LogP contribution in [0.2, 0.25) is 0 Å². The Balaban J connectivity index is 1.75. The molecular formula is C18H25N3O3. The number of hydrogen-bond donors (Lipinski definition) is 1. The minimum Gasteiger partial charge on any atom is -0.444 e. The Bertz CT molecular complexity index is 720. The highest BCUT2D eigenvalue weighted by Gasteiger charge is 2.35. The van der Waals surface area contributed by atoms with E-state index in [0.717, 1.165) is 22.9 Å². The molecule has 1 aliphatic rings. The van der Waals surface area contributed by atoms with Crippen LogP contribution in [0.4, 0.5) is 4.79 Å². The van der Waals surface area contributed by atoms with Gasteiger partial charge in [0.25, 0.3) is 0 Å². The maximum Gasteiger partial charge on any atom is 0.410 e. The summed E-state index contributed by atoms with van der Waals surface area (Å²) in [4.78, 5) is 21.4. The van der Waals surface area contributed by atoms with E-state index in [0.29, 0.717) is 13.1 Å². The van der Waals surface area contributed by atoms with E-state index in [2.05, 4.69) is 9.97 Å². The zero-order valence-electron chi connectivity index (χ0n) is 14.7. The first-order valence-electron chi connectivity index (χ1n) is 8.31. The number of ether oxygens (including phenoxy) is 2. The van der Waals surface area contributed by atoms with Gasteiger partial charge in [-0.15, -0.1) is 0 Å². The van der Waals surface area contributed by atoms with Gasteiger partial charge in [0.2, 0.25) is 0 Å². The van der Waals surface area contributed by atoms with Gasteiger partial charge < -0.3 is 19.4 Å². The normalized spacial score (nSPS) is 19.7. The lowest BCUT2D eigenvalue weighted by Crippen LogP contribution is -2.35. The molecule has 2 unspecified atom stereocenters. The van der Waals surface area contributed by atoms with Crippen molar-refractivity contribution in [2.75, 3.05) is 20.2 Å². The molecule has 0 radical (unpaired) electrons. The third-order valence-corrected chi connectivity index (χ3v) is 4.38. The van der Waals surface area contributed by atoms with Gasteiger partial charge in [-0.05, 0) is 33.3 Å². The summed E-state index contributed by atoms with van der Waals surface area (Å²) in [6.45, 7) is 7.00. The molecule has 1 fully saturated rings. The van der Waals surface area contributed by atoms with Crippen molar-refractivity contribution < 1.29 is 14.3 Å². The third kappa shape index (κ3) is 3.38. The number of methoxy groups -OCH3 is 1. The molecule has 0 aliphatic carbocycles. The zero-order chi connectivity index (χ0) is 17.3. The molecule has 1 saturated heterocycles. The molecule has 1 N–H and O–H groups in total. The average Bonchev–Trinajstić information content (AvgIpc) is 3.15. The molecule has 0 bridgehead atoms. The number of hydrogen-bond acceptors (Lipinski definition) is 4. The fourth-order valence-electron chi connectivity index (χ4n) is 3.33. The second-order valence-electron chi connectivity index (χ2n) is 7.30. The van der Waals surface area contributed by atoms with Gasteiger partial charge in [-0.25, -0.2) is 4.79 Å². The van der Waals surface area contributed by atoms with Gasteiger partial charge in [0.15, 0.2) is 0 Å². The Kier molecular flexibility index (Phi) is 4.49. The number of nitrogens with zero attached hydrogens (tertiary/aromatic N) is 2. The van der Waals surface area contributed by atoms with Crippen LogP contribution < -0.4 is 0 Å². The summed E-state index contributed by atoms with van der Waals surface area (Å²) in [6.07, 6.45) is 6.17. The lowest BCUT2D eigenvalue weighted by atomic mass is 9.95. The van der Waals surface area contributed by atoms with E-state index in [1.54, 1.807) is 18.2 Å². The predicted octanol–water partition coefficient (Wildman–Crippen LogP) is 3.51. The number of pyridine rings is 1. The van der Waals surface area contributed by atoms with E-state index in [1.807, 2.05) is 39.2 Å². The fraction of sp³-hybridized carbons (Fsp3) is 0.556. The molecule has 2 aromatic heterocycles. The van der Waals surface area contributed by atoms with Crippen LogP contribution in [0.5, 0.6) is 0 Å². The Morgan fingerprint density at radius 1 is 1.46 bits per heavy atom. The number of likely N-dealkylation sites (tertiary alicyclic amines) is 1. The van der Waals surface area contributed by atoms with Crippen LogP contribution in [0.1, 0.15) is 38.9 Å². The van der Waals surface area contributed by atoms with Crippen molar-refractivity contribution in [3.63, 3.8) is 0 Å². The Labute approximate surface area is 142 Å². The maximum absolute atomic E-state index is 12.3. The van der Waals surface area contributed by atoms with Crippen molar-refractivity contribution in [2.24, 2.45) is 5.92 Å². The van der Waals surface area contributed by atoms with Crippen molar-refractivity contribution in [1.29, 1.82) is 0 Å². The minimum absolute atomic E-state index is 0.0615. The van der Waals surface area contributed by atoms with E-state index in [1.165, 1.54) is 0 Å². The van der Waals surface area contributed by atoms with Crippen LogP contribution in [0.25, 0.3) is 10.9 Å². The van der Waals surface area contributed by atoms with Crippen molar-refractivity contribution in [2.45, 2.75) is 38.9 Å². The van der Waals surface area contributed by atoms with Gasteiger partial charge in [-0.1, -0.05) is 0 Å². The summed E-state index contributed by atoms with van der Waals surface area (Å²) in [5.41, 5.74) is 1.64. The van der Waals surface area contributed by atoms with Crippen molar-refractivity contribution >= 4 is 17.0 Å². The quantitative estimate of drug-likeness (QED) is 0.934. The first-order valence-corrected chi connectivity index (χ1v) is 8.31.